The molecule has 2 rings (SSSR count). The second-order valence-electron chi connectivity index (χ2n) is 3.79. The predicted octanol–water partition coefficient (Wildman–Crippen LogP) is 3.60. The Morgan fingerprint density at radius 2 is 2.21 bits per heavy atom. The number of hydrogen-bond donors (Lipinski definition) is 2. The molecule has 0 saturated heterocycles. The zero-order valence-corrected chi connectivity index (χ0v) is 11.0. The highest BCUT2D eigenvalue weighted by atomic mass is 35.5. The van der Waals surface area contributed by atoms with Gasteiger partial charge in [-0.05, 0) is 25.1 Å². The van der Waals surface area contributed by atoms with Crippen LogP contribution in [0.5, 0.6) is 5.75 Å². The van der Waals surface area contributed by atoms with Crippen LogP contribution in [0.2, 0.25) is 5.02 Å². The molecule has 0 bridgehead atoms. The summed E-state index contributed by atoms with van der Waals surface area (Å²) < 4.78 is 18.8. The van der Waals surface area contributed by atoms with E-state index in [1.165, 1.54) is 12.3 Å². The Balaban J connectivity index is 2.21. The lowest BCUT2D eigenvalue weighted by atomic mass is 10.2. The lowest BCUT2D eigenvalue weighted by Gasteiger charge is -2.10. The van der Waals surface area contributed by atoms with E-state index in [2.05, 4.69) is 10.3 Å². The molecule has 6 heteroatoms. The molecule has 0 amide bonds. The highest BCUT2D eigenvalue weighted by molar-refractivity contribution is 6.30. The number of rotatable bonds is 4. The van der Waals surface area contributed by atoms with Crippen LogP contribution in [0.1, 0.15) is 6.92 Å². The lowest BCUT2D eigenvalue weighted by Crippen LogP contribution is -2.00. The second kappa shape index (κ2) is 5.75. The number of anilines is 3. The van der Waals surface area contributed by atoms with Crippen molar-refractivity contribution in [3.63, 3.8) is 0 Å². The molecule has 19 heavy (non-hydrogen) atoms. The average molecular weight is 282 g/mol. The van der Waals surface area contributed by atoms with E-state index < -0.39 is 5.82 Å². The number of nitrogens with two attached hydrogens (primary N) is 1. The second-order valence-corrected chi connectivity index (χ2v) is 4.23. The summed E-state index contributed by atoms with van der Waals surface area (Å²) in [6, 6.07) is 6.12. The van der Waals surface area contributed by atoms with E-state index >= 15 is 0 Å². The zero-order valence-electron chi connectivity index (χ0n) is 10.3. The Bertz CT molecular complexity index is 592. The molecule has 2 aromatic rings. The number of nitrogen functional groups attached to an aromatic ring is 1. The first-order valence-corrected chi connectivity index (χ1v) is 6.08. The molecular formula is C13H13ClFN3O. The SMILES string of the molecule is CCOc1ccc(Nc2ncc(Cl)cc2N)cc1F. The van der Waals surface area contributed by atoms with Gasteiger partial charge in [0.15, 0.2) is 17.4 Å². The standard InChI is InChI=1S/C13H13ClFN3O/c1-2-19-12-4-3-9(6-10(12)15)18-13-11(16)5-8(14)7-17-13/h3-7H,2,16H2,1H3,(H,17,18). The molecule has 0 aliphatic carbocycles. The molecule has 0 fully saturated rings. The van der Waals surface area contributed by atoms with Gasteiger partial charge in [0.1, 0.15) is 0 Å². The third-order valence-corrected chi connectivity index (χ3v) is 2.58. The molecule has 0 spiro atoms. The number of ether oxygens (including phenoxy) is 1. The number of nitrogens with zero attached hydrogens (tertiary/aromatic N) is 1. The van der Waals surface area contributed by atoms with E-state index in [4.69, 9.17) is 22.1 Å². The van der Waals surface area contributed by atoms with Crippen molar-refractivity contribution in [1.29, 1.82) is 0 Å². The maximum atomic E-state index is 13.7. The molecule has 4 nitrogen and oxygen atoms in total. The Kier molecular flexibility index (Phi) is 4.06. The largest absolute Gasteiger partial charge is 0.491 e. The highest BCUT2D eigenvalue weighted by Crippen LogP contribution is 2.26. The molecule has 1 aromatic carbocycles. The number of hydrogen-bond acceptors (Lipinski definition) is 4. The Hall–Kier alpha value is -2.01. The average Bonchev–Trinajstić information content (AvgIpc) is 2.36. The van der Waals surface area contributed by atoms with Crippen LogP contribution in [-0.2, 0) is 0 Å². The van der Waals surface area contributed by atoms with E-state index in [-0.39, 0.29) is 5.75 Å². The monoisotopic (exact) mass is 281 g/mol. The summed E-state index contributed by atoms with van der Waals surface area (Å²) in [6.07, 6.45) is 1.46. The number of pyridine rings is 1. The Morgan fingerprint density at radius 1 is 1.42 bits per heavy atom. The van der Waals surface area contributed by atoms with Crippen molar-refractivity contribution in [3.8, 4) is 5.75 Å². The van der Waals surface area contributed by atoms with Gasteiger partial charge in [-0.25, -0.2) is 9.37 Å². The molecule has 0 saturated carbocycles. The van der Waals surface area contributed by atoms with Gasteiger partial charge in [0.05, 0.1) is 17.3 Å². The van der Waals surface area contributed by atoms with Gasteiger partial charge in [-0.3, -0.25) is 0 Å². The maximum Gasteiger partial charge on any atom is 0.167 e. The van der Waals surface area contributed by atoms with Gasteiger partial charge in [0.25, 0.3) is 0 Å². The molecule has 0 aliphatic rings. The van der Waals surface area contributed by atoms with Gasteiger partial charge >= 0.3 is 0 Å². The van der Waals surface area contributed by atoms with Gasteiger partial charge in [0.2, 0.25) is 0 Å². The predicted molar refractivity (Wildman–Crippen MR) is 74.5 cm³/mol. The lowest BCUT2D eigenvalue weighted by molar-refractivity contribution is 0.321. The van der Waals surface area contributed by atoms with E-state index in [1.807, 2.05) is 0 Å². The first-order chi connectivity index (χ1) is 9.10. The minimum Gasteiger partial charge on any atom is -0.491 e. The molecule has 3 N–H and O–H groups in total. The minimum absolute atomic E-state index is 0.213. The topological polar surface area (TPSA) is 60.2 Å². The van der Waals surface area contributed by atoms with Crippen LogP contribution in [0, 0.1) is 5.82 Å². The fraction of sp³-hybridized carbons (Fsp3) is 0.154. The van der Waals surface area contributed by atoms with Crippen molar-refractivity contribution in [1.82, 2.24) is 4.98 Å². The summed E-state index contributed by atoms with van der Waals surface area (Å²) in [5, 5.41) is 3.36. The van der Waals surface area contributed by atoms with Crippen LogP contribution in [0.3, 0.4) is 0 Å². The van der Waals surface area contributed by atoms with E-state index in [9.17, 15) is 4.39 Å². The van der Waals surface area contributed by atoms with Crippen LogP contribution in [0.25, 0.3) is 0 Å². The first-order valence-electron chi connectivity index (χ1n) is 5.70. The van der Waals surface area contributed by atoms with Crippen molar-refractivity contribution < 1.29 is 9.13 Å². The molecule has 1 heterocycles. The summed E-state index contributed by atoms with van der Waals surface area (Å²) in [4.78, 5) is 4.04. The van der Waals surface area contributed by atoms with Crippen LogP contribution >= 0.6 is 11.6 Å². The molecule has 100 valence electrons. The highest BCUT2D eigenvalue weighted by Gasteiger charge is 2.06. The van der Waals surface area contributed by atoms with E-state index in [0.717, 1.165) is 0 Å². The number of halogens is 2. The molecule has 0 aliphatic heterocycles. The fourth-order valence-electron chi connectivity index (χ4n) is 1.55. The van der Waals surface area contributed by atoms with Crippen molar-refractivity contribution in [2.75, 3.05) is 17.7 Å². The third-order valence-electron chi connectivity index (χ3n) is 2.38. The molecular weight excluding hydrogens is 269 g/mol. The van der Waals surface area contributed by atoms with E-state index in [0.29, 0.717) is 28.8 Å². The third kappa shape index (κ3) is 3.26. The Labute approximate surface area is 115 Å². The maximum absolute atomic E-state index is 13.7. The molecule has 0 atom stereocenters. The van der Waals surface area contributed by atoms with Crippen LogP contribution in [-0.4, -0.2) is 11.6 Å². The summed E-state index contributed by atoms with van der Waals surface area (Å²) in [7, 11) is 0. The van der Waals surface area contributed by atoms with Crippen molar-refractivity contribution in [2.45, 2.75) is 6.92 Å². The van der Waals surface area contributed by atoms with Crippen molar-refractivity contribution in [2.24, 2.45) is 0 Å². The number of benzene rings is 1. The number of nitrogens with one attached hydrogen (secondary N) is 1. The van der Waals surface area contributed by atoms with Gasteiger partial charge < -0.3 is 15.8 Å². The quantitative estimate of drug-likeness (QED) is 0.899. The number of aromatic nitrogens is 1. The van der Waals surface area contributed by atoms with Gasteiger partial charge in [-0.2, -0.15) is 0 Å². The van der Waals surface area contributed by atoms with Crippen molar-refractivity contribution in [3.05, 3.63) is 41.3 Å². The molecule has 0 radical (unpaired) electrons. The summed E-state index contributed by atoms with van der Waals surface area (Å²) in [5.74, 6) is 0.192. The van der Waals surface area contributed by atoms with Gasteiger partial charge in [0, 0.05) is 18.0 Å². The minimum atomic E-state index is -0.445. The van der Waals surface area contributed by atoms with Crippen LogP contribution in [0.4, 0.5) is 21.6 Å². The van der Waals surface area contributed by atoms with E-state index in [1.54, 1.807) is 25.1 Å². The summed E-state index contributed by atoms with van der Waals surface area (Å²) in [5.41, 5.74) is 6.68. The smallest absolute Gasteiger partial charge is 0.167 e. The Morgan fingerprint density at radius 3 is 2.84 bits per heavy atom. The normalized spacial score (nSPS) is 10.3. The van der Waals surface area contributed by atoms with Gasteiger partial charge in [-0.1, -0.05) is 11.6 Å². The van der Waals surface area contributed by atoms with Gasteiger partial charge in [-0.15, -0.1) is 0 Å². The summed E-state index contributed by atoms with van der Waals surface area (Å²) >= 11 is 5.75. The van der Waals surface area contributed by atoms with Crippen LogP contribution in [0.15, 0.2) is 30.5 Å². The van der Waals surface area contributed by atoms with Crippen LogP contribution < -0.4 is 15.8 Å². The first kappa shape index (κ1) is 13.4. The fourth-order valence-corrected chi connectivity index (χ4v) is 1.71. The van der Waals surface area contributed by atoms with Crippen molar-refractivity contribution >= 4 is 28.8 Å². The molecule has 0 unspecified atom stereocenters. The zero-order chi connectivity index (χ0) is 13.8. The summed E-state index contributed by atoms with van der Waals surface area (Å²) in [6.45, 7) is 2.21. The molecule has 1 aromatic heterocycles.